The van der Waals surface area contributed by atoms with Crippen LogP contribution in [0.1, 0.15) is 24.8 Å². The zero-order valence-electron chi connectivity index (χ0n) is 11.0. The minimum Gasteiger partial charge on any atom is -0.399 e. The van der Waals surface area contributed by atoms with Crippen LogP contribution in [0.5, 0.6) is 0 Å². The van der Waals surface area contributed by atoms with Gasteiger partial charge in [-0.05, 0) is 69.6 Å². The van der Waals surface area contributed by atoms with Crippen molar-refractivity contribution in [2.45, 2.75) is 31.1 Å². The number of rotatable bonds is 5. The topological polar surface area (TPSA) is 46.3 Å². The van der Waals surface area contributed by atoms with E-state index in [4.69, 9.17) is 5.73 Å². The third kappa shape index (κ3) is 3.56. The lowest BCUT2D eigenvalue weighted by Crippen LogP contribution is -2.21. The summed E-state index contributed by atoms with van der Waals surface area (Å²) in [4.78, 5) is 3.40. The van der Waals surface area contributed by atoms with Gasteiger partial charge in [0.15, 0.2) is 0 Å². The van der Waals surface area contributed by atoms with E-state index in [2.05, 4.69) is 4.90 Å². The molecule has 0 spiro atoms. The standard InChI is InChI=1S/C14H22N2OS/c1-12-11-13(15)5-6-14(12)18(17)10-4-9-16-7-2-3-8-16/h5-6,11H,2-4,7-10,15H2,1H3. The summed E-state index contributed by atoms with van der Waals surface area (Å²) in [5.41, 5.74) is 7.48. The van der Waals surface area contributed by atoms with Crippen LogP contribution in [0, 0.1) is 6.92 Å². The molecule has 1 fully saturated rings. The van der Waals surface area contributed by atoms with Crippen LogP contribution in [0.15, 0.2) is 23.1 Å². The Kier molecular flexibility index (Phi) is 4.78. The fraction of sp³-hybridized carbons (Fsp3) is 0.571. The summed E-state index contributed by atoms with van der Waals surface area (Å²) < 4.78 is 12.2. The van der Waals surface area contributed by atoms with Gasteiger partial charge in [0.2, 0.25) is 0 Å². The number of nitrogen functional groups attached to an aromatic ring is 1. The highest BCUT2D eigenvalue weighted by Crippen LogP contribution is 2.17. The maximum absolute atomic E-state index is 12.2. The van der Waals surface area contributed by atoms with Crippen LogP contribution < -0.4 is 5.73 Å². The summed E-state index contributed by atoms with van der Waals surface area (Å²) in [5, 5.41) is 0. The van der Waals surface area contributed by atoms with E-state index in [-0.39, 0.29) is 0 Å². The summed E-state index contributed by atoms with van der Waals surface area (Å²) in [6, 6.07) is 5.63. The third-order valence-electron chi connectivity index (χ3n) is 3.45. The number of aryl methyl sites for hydroxylation is 1. The number of nitrogens with two attached hydrogens (primary N) is 1. The molecule has 18 heavy (non-hydrogen) atoms. The van der Waals surface area contributed by atoms with E-state index in [1.807, 2.05) is 25.1 Å². The Hall–Kier alpha value is -0.870. The van der Waals surface area contributed by atoms with Crippen LogP contribution in [0.2, 0.25) is 0 Å². The Morgan fingerprint density at radius 3 is 2.72 bits per heavy atom. The first kappa shape index (κ1) is 13.6. The molecule has 0 radical (unpaired) electrons. The molecule has 0 aromatic heterocycles. The van der Waals surface area contributed by atoms with Gasteiger partial charge in [0.25, 0.3) is 0 Å². The van der Waals surface area contributed by atoms with Gasteiger partial charge in [-0.1, -0.05) is 0 Å². The molecule has 1 saturated heterocycles. The number of likely N-dealkylation sites (tertiary alicyclic amines) is 1. The molecule has 0 saturated carbocycles. The molecule has 1 aromatic rings. The molecular weight excluding hydrogens is 244 g/mol. The van der Waals surface area contributed by atoms with Crippen LogP contribution >= 0.6 is 0 Å². The molecule has 1 atom stereocenters. The Balaban J connectivity index is 1.83. The van der Waals surface area contributed by atoms with Crippen molar-refractivity contribution in [3.05, 3.63) is 23.8 Å². The molecule has 2 N–H and O–H groups in total. The quantitative estimate of drug-likeness (QED) is 0.831. The number of benzene rings is 1. The largest absolute Gasteiger partial charge is 0.399 e. The second kappa shape index (κ2) is 6.34. The van der Waals surface area contributed by atoms with Gasteiger partial charge in [0.05, 0.1) is 10.8 Å². The summed E-state index contributed by atoms with van der Waals surface area (Å²) >= 11 is 0. The van der Waals surface area contributed by atoms with E-state index < -0.39 is 10.8 Å². The van der Waals surface area contributed by atoms with Crippen LogP contribution in [-0.2, 0) is 10.8 Å². The Morgan fingerprint density at radius 2 is 2.06 bits per heavy atom. The SMILES string of the molecule is Cc1cc(N)ccc1S(=O)CCCN1CCCC1. The van der Waals surface area contributed by atoms with Gasteiger partial charge in [-0.3, -0.25) is 4.21 Å². The second-order valence-electron chi connectivity index (χ2n) is 4.98. The number of hydrogen-bond acceptors (Lipinski definition) is 3. The van der Waals surface area contributed by atoms with Crippen molar-refractivity contribution in [3.63, 3.8) is 0 Å². The predicted molar refractivity (Wildman–Crippen MR) is 77.2 cm³/mol. The second-order valence-corrected chi connectivity index (χ2v) is 6.52. The van der Waals surface area contributed by atoms with Gasteiger partial charge in [-0.25, -0.2) is 0 Å². The lowest BCUT2D eigenvalue weighted by Gasteiger charge is -2.14. The van der Waals surface area contributed by atoms with Crippen molar-refractivity contribution in [2.75, 3.05) is 31.1 Å². The van der Waals surface area contributed by atoms with Crippen molar-refractivity contribution < 1.29 is 4.21 Å². The van der Waals surface area contributed by atoms with Gasteiger partial charge in [-0.2, -0.15) is 0 Å². The lowest BCUT2D eigenvalue weighted by atomic mass is 10.2. The fourth-order valence-corrected chi connectivity index (χ4v) is 3.71. The number of anilines is 1. The van der Waals surface area contributed by atoms with Gasteiger partial charge in [-0.15, -0.1) is 0 Å². The minimum absolute atomic E-state index is 0.741. The van der Waals surface area contributed by atoms with E-state index in [1.165, 1.54) is 25.9 Å². The average molecular weight is 266 g/mol. The van der Waals surface area contributed by atoms with Crippen molar-refractivity contribution in [1.82, 2.24) is 4.90 Å². The highest BCUT2D eigenvalue weighted by Gasteiger charge is 2.12. The number of hydrogen-bond donors (Lipinski definition) is 1. The summed E-state index contributed by atoms with van der Waals surface area (Å²) in [7, 11) is -0.885. The van der Waals surface area contributed by atoms with Gasteiger partial charge in [0, 0.05) is 16.3 Å². The molecule has 1 aliphatic rings. The molecule has 1 unspecified atom stereocenters. The highest BCUT2D eigenvalue weighted by atomic mass is 32.2. The molecule has 4 heteroatoms. The molecular formula is C14H22N2OS. The summed E-state index contributed by atoms with van der Waals surface area (Å²) in [6.07, 6.45) is 3.65. The average Bonchev–Trinajstić information content (AvgIpc) is 2.81. The maximum atomic E-state index is 12.2. The van der Waals surface area contributed by atoms with Crippen LogP contribution in [0.4, 0.5) is 5.69 Å². The van der Waals surface area contributed by atoms with E-state index in [9.17, 15) is 4.21 Å². The van der Waals surface area contributed by atoms with Gasteiger partial charge >= 0.3 is 0 Å². The van der Waals surface area contributed by atoms with Crippen molar-refractivity contribution in [3.8, 4) is 0 Å². The number of nitrogens with zero attached hydrogens (tertiary/aromatic N) is 1. The molecule has 0 bridgehead atoms. The predicted octanol–water partition coefficient (Wildman–Crippen LogP) is 2.17. The zero-order chi connectivity index (χ0) is 13.0. The summed E-state index contributed by atoms with van der Waals surface area (Å²) in [6.45, 7) is 5.49. The molecule has 1 aliphatic heterocycles. The van der Waals surface area contributed by atoms with E-state index in [0.717, 1.165) is 34.9 Å². The van der Waals surface area contributed by atoms with Crippen molar-refractivity contribution >= 4 is 16.5 Å². The Morgan fingerprint density at radius 1 is 1.33 bits per heavy atom. The first-order valence-corrected chi connectivity index (χ1v) is 7.95. The Bertz CT molecular complexity index is 428. The molecule has 1 heterocycles. The highest BCUT2D eigenvalue weighted by molar-refractivity contribution is 7.85. The van der Waals surface area contributed by atoms with E-state index >= 15 is 0 Å². The molecule has 1 aromatic carbocycles. The van der Waals surface area contributed by atoms with Crippen molar-refractivity contribution in [2.24, 2.45) is 0 Å². The van der Waals surface area contributed by atoms with Crippen LogP contribution in [-0.4, -0.2) is 34.5 Å². The normalized spacial score (nSPS) is 18.1. The molecule has 100 valence electrons. The first-order chi connectivity index (χ1) is 8.66. The van der Waals surface area contributed by atoms with Crippen LogP contribution in [0.3, 0.4) is 0 Å². The fourth-order valence-electron chi connectivity index (χ4n) is 2.46. The van der Waals surface area contributed by atoms with Gasteiger partial charge < -0.3 is 10.6 Å². The summed E-state index contributed by atoms with van der Waals surface area (Å²) in [5.74, 6) is 0.751. The molecule has 0 aliphatic carbocycles. The lowest BCUT2D eigenvalue weighted by molar-refractivity contribution is 0.340. The van der Waals surface area contributed by atoms with Crippen molar-refractivity contribution in [1.29, 1.82) is 0 Å². The maximum Gasteiger partial charge on any atom is 0.0532 e. The van der Waals surface area contributed by atoms with E-state index in [0.29, 0.717) is 0 Å². The minimum atomic E-state index is -0.885. The molecule has 0 amide bonds. The van der Waals surface area contributed by atoms with Gasteiger partial charge in [0.1, 0.15) is 0 Å². The molecule has 2 rings (SSSR count). The third-order valence-corrected chi connectivity index (χ3v) is 5.06. The van der Waals surface area contributed by atoms with Crippen LogP contribution in [0.25, 0.3) is 0 Å². The smallest absolute Gasteiger partial charge is 0.0532 e. The first-order valence-electron chi connectivity index (χ1n) is 6.63. The molecule has 3 nitrogen and oxygen atoms in total. The monoisotopic (exact) mass is 266 g/mol. The zero-order valence-corrected chi connectivity index (χ0v) is 11.8. The Labute approximate surface area is 112 Å². The van der Waals surface area contributed by atoms with E-state index in [1.54, 1.807) is 0 Å².